The van der Waals surface area contributed by atoms with Gasteiger partial charge in [0.2, 0.25) is 0 Å². The fraction of sp³-hybridized carbons (Fsp3) is 0.562. The Balaban J connectivity index is 2.06. The van der Waals surface area contributed by atoms with Gasteiger partial charge in [0.1, 0.15) is 0 Å². The molecule has 0 spiro atoms. The molecule has 1 saturated heterocycles. The lowest BCUT2D eigenvalue weighted by Crippen LogP contribution is -2.41. The van der Waals surface area contributed by atoms with Gasteiger partial charge in [-0.1, -0.05) is 39.0 Å². The molecule has 19 heavy (non-hydrogen) atoms. The van der Waals surface area contributed by atoms with Gasteiger partial charge in [-0.25, -0.2) is 4.79 Å². The van der Waals surface area contributed by atoms with Crippen molar-refractivity contribution in [2.45, 2.75) is 39.5 Å². The second-order valence-electron chi connectivity index (χ2n) is 5.87. The van der Waals surface area contributed by atoms with Crippen molar-refractivity contribution in [1.29, 1.82) is 0 Å². The molecule has 1 fully saturated rings. The summed E-state index contributed by atoms with van der Waals surface area (Å²) < 4.78 is 0. The van der Waals surface area contributed by atoms with Crippen LogP contribution >= 0.6 is 0 Å². The van der Waals surface area contributed by atoms with Crippen molar-refractivity contribution in [1.82, 2.24) is 4.90 Å². The smallest absolute Gasteiger partial charge is 0.321 e. The van der Waals surface area contributed by atoms with E-state index in [9.17, 15) is 4.79 Å². The van der Waals surface area contributed by atoms with Gasteiger partial charge in [-0.3, -0.25) is 0 Å². The largest absolute Gasteiger partial charge is 0.324 e. The standard InChI is InChI=1S/C16H24N2O/c1-12(2)14-8-4-5-9-15(14)17-16(19)18-10-6-7-13(3)11-18/h4-5,8-9,12-13H,6-7,10-11H2,1-3H3,(H,17,19). The van der Waals surface area contributed by atoms with Crippen molar-refractivity contribution < 1.29 is 4.79 Å². The van der Waals surface area contributed by atoms with E-state index in [1.165, 1.54) is 12.0 Å². The van der Waals surface area contributed by atoms with Gasteiger partial charge in [-0.15, -0.1) is 0 Å². The summed E-state index contributed by atoms with van der Waals surface area (Å²) in [6, 6.07) is 8.10. The maximum Gasteiger partial charge on any atom is 0.321 e. The first kappa shape index (κ1) is 13.9. The second-order valence-corrected chi connectivity index (χ2v) is 5.87. The number of nitrogens with one attached hydrogen (secondary N) is 1. The molecule has 1 aliphatic rings. The van der Waals surface area contributed by atoms with Gasteiger partial charge in [0, 0.05) is 18.8 Å². The highest BCUT2D eigenvalue weighted by Crippen LogP contribution is 2.24. The summed E-state index contributed by atoms with van der Waals surface area (Å²) >= 11 is 0. The monoisotopic (exact) mass is 260 g/mol. The second kappa shape index (κ2) is 6.09. The van der Waals surface area contributed by atoms with Crippen LogP contribution in [0.3, 0.4) is 0 Å². The normalized spacial score (nSPS) is 19.6. The van der Waals surface area contributed by atoms with Crippen LogP contribution in [-0.4, -0.2) is 24.0 Å². The third-order valence-corrected chi connectivity index (χ3v) is 3.77. The lowest BCUT2D eigenvalue weighted by molar-refractivity contribution is 0.182. The molecule has 0 radical (unpaired) electrons. The van der Waals surface area contributed by atoms with Gasteiger partial charge < -0.3 is 10.2 Å². The Morgan fingerprint density at radius 2 is 2.11 bits per heavy atom. The first-order valence-electron chi connectivity index (χ1n) is 7.22. The molecule has 2 rings (SSSR count). The minimum absolute atomic E-state index is 0.0413. The number of anilines is 1. The number of likely N-dealkylation sites (tertiary alicyclic amines) is 1. The Hall–Kier alpha value is -1.51. The number of nitrogens with zero attached hydrogens (tertiary/aromatic N) is 1. The average Bonchev–Trinajstić information content (AvgIpc) is 2.39. The molecule has 2 amide bonds. The average molecular weight is 260 g/mol. The lowest BCUT2D eigenvalue weighted by atomic mass is 10.0. The molecule has 1 aromatic carbocycles. The minimum atomic E-state index is 0.0413. The fourth-order valence-corrected chi connectivity index (χ4v) is 2.68. The van der Waals surface area contributed by atoms with Crippen molar-refractivity contribution >= 4 is 11.7 Å². The number of hydrogen-bond acceptors (Lipinski definition) is 1. The summed E-state index contributed by atoms with van der Waals surface area (Å²) in [6.07, 6.45) is 2.34. The topological polar surface area (TPSA) is 32.3 Å². The van der Waals surface area contributed by atoms with Crippen LogP contribution in [-0.2, 0) is 0 Å². The quantitative estimate of drug-likeness (QED) is 0.854. The van der Waals surface area contributed by atoms with Gasteiger partial charge in [0.25, 0.3) is 0 Å². The van der Waals surface area contributed by atoms with E-state index in [2.05, 4.69) is 32.2 Å². The van der Waals surface area contributed by atoms with Gasteiger partial charge in [-0.2, -0.15) is 0 Å². The van der Waals surface area contributed by atoms with Gasteiger partial charge in [0.15, 0.2) is 0 Å². The van der Waals surface area contributed by atoms with Crippen molar-refractivity contribution in [3.8, 4) is 0 Å². The van der Waals surface area contributed by atoms with Crippen LogP contribution in [0.5, 0.6) is 0 Å². The van der Waals surface area contributed by atoms with Crippen LogP contribution < -0.4 is 5.32 Å². The summed E-state index contributed by atoms with van der Waals surface area (Å²) in [5, 5.41) is 3.07. The molecule has 1 aliphatic heterocycles. The molecular weight excluding hydrogens is 236 g/mol. The Kier molecular flexibility index (Phi) is 4.46. The maximum atomic E-state index is 12.3. The van der Waals surface area contributed by atoms with E-state index in [0.29, 0.717) is 11.8 Å². The molecule has 104 valence electrons. The van der Waals surface area contributed by atoms with Crippen LogP contribution in [0, 0.1) is 5.92 Å². The van der Waals surface area contributed by atoms with Crippen LogP contribution in [0.25, 0.3) is 0 Å². The van der Waals surface area contributed by atoms with E-state index in [1.807, 2.05) is 23.1 Å². The van der Waals surface area contributed by atoms with Crippen LogP contribution in [0.2, 0.25) is 0 Å². The van der Waals surface area contributed by atoms with E-state index >= 15 is 0 Å². The number of carbonyl (C=O) groups excluding carboxylic acids is 1. The van der Waals surface area contributed by atoms with Crippen molar-refractivity contribution in [2.24, 2.45) is 5.92 Å². The zero-order valence-corrected chi connectivity index (χ0v) is 12.1. The van der Waals surface area contributed by atoms with Crippen LogP contribution in [0.15, 0.2) is 24.3 Å². The summed E-state index contributed by atoms with van der Waals surface area (Å²) in [4.78, 5) is 14.2. The van der Waals surface area contributed by atoms with E-state index in [4.69, 9.17) is 0 Å². The zero-order chi connectivity index (χ0) is 13.8. The number of urea groups is 1. The lowest BCUT2D eigenvalue weighted by Gasteiger charge is -2.31. The number of hydrogen-bond donors (Lipinski definition) is 1. The molecule has 0 aromatic heterocycles. The SMILES string of the molecule is CC1CCCN(C(=O)Nc2ccccc2C(C)C)C1. The number of piperidine rings is 1. The van der Waals surface area contributed by atoms with Crippen molar-refractivity contribution in [3.05, 3.63) is 29.8 Å². The number of carbonyl (C=O) groups is 1. The molecule has 3 nitrogen and oxygen atoms in total. The molecule has 0 aliphatic carbocycles. The number of rotatable bonds is 2. The Morgan fingerprint density at radius 3 is 2.79 bits per heavy atom. The number of para-hydroxylation sites is 1. The summed E-state index contributed by atoms with van der Waals surface area (Å²) in [7, 11) is 0. The fourth-order valence-electron chi connectivity index (χ4n) is 2.68. The molecular formula is C16H24N2O. The zero-order valence-electron chi connectivity index (χ0n) is 12.1. The number of amides is 2. The summed E-state index contributed by atoms with van der Waals surface area (Å²) in [5.74, 6) is 1.02. The van der Waals surface area contributed by atoms with Crippen LogP contribution in [0.1, 0.15) is 45.1 Å². The Labute approximate surface area is 116 Å². The molecule has 1 heterocycles. The predicted octanol–water partition coefficient (Wildman–Crippen LogP) is 4.07. The molecule has 3 heteroatoms. The molecule has 0 saturated carbocycles. The van der Waals surface area contributed by atoms with E-state index in [1.54, 1.807) is 0 Å². The Morgan fingerprint density at radius 1 is 1.37 bits per heavy atom. The van der Waals surface area contributed by atoms with Crippen LogP contribution in [0.4, 0.5) is 10.5 Å². The Bertz CT molecular complexity index is 442. The predicted molar refractivity (Wildman–Crippen MR) is 79.5 cm³/mol. The van der Waals surface area contributed by atoms with E-state index < -0.39 is 0 Å². The molecule has 1 unspecified atom stereocenters. The van der Waals surface area contributed by atoms with Gasteiger partial charge >= 0.3 is 6.03 Å². The highest BCUT2D eigenvalue weighted by molar-refractivity contribution is 5.90. The first-order chi connectivity index (χ1) is 9.08. The molecule has 0 bridgehead atoms. The van der Waals surface area contributed by atoms with Gasteiger partial charge in [0.05, 0.1) is 0 Å². The molecule has 1 aromatic rings. The molecule has 1 N–H and O–H groups in total. The highest BCUT2D eigenvalue weighted by Gasteiger charge is 2.21. The highest BCUT2D eigenvalue weighted by atomic mass is 16.2. The number of benzene rings is 1. The summed E-state index contributed by atoms with van der Waals surface area (Å²) in [5.41, 5.74) is 2.14. The minimum Gasteiger partial charge on any atom is -0.324 e. The summed E-state index contributed by atoms with van der Waals surface area (Å²) in [6.45, 7) is 8.25. The first-order valence-corrected chi connectivity index (χ1v) is 7.22. The third-order valence-electron chi connectivity index (χ3n) is 3.77. The van der Waals surface area contributed by atoms with Gasteiger partial charge in [-0.05, 0) is 36.3 Å². The third kappa shape index (κ3) is 3.49. The molecule has 1 atom stereocenters. The van der Waals surface area contributed by atoms with Crippen molar-refractivity contribution in [2.75, 3.05) is 18.4 Å². The van der Waals surface area contributed by atoms with E-state index in [0.717, 1.165) is 25.2 Å². The van der Waals surface area contributed by atoms with Crippen molar-refractivity contribution in [3.63, 3.8) is 0 Å². The maximum absolute atomic E-state index is 12.3. The van der Waals surface area contributed by atoms with E-state index in [-0.39, 0.29) is 6.03 Å².